The summed E-state index contributed by atoms with van der Waals surface area (Å²) in [5.74, 6) is 0.229. The summed E-state index contributed by atoms with van der Waals surface area (Å²) in [4.78, 5) is 25.5. The summed E-state index contributed by atoms with van der Waals surface area (Å²) in [6.45, 7) is 11.4. The Morgan fingerprint density at radius 2 is 1.77 bits per heavy atom. The van der Waals surface area contributed by atoms with Gasteiger partial charge >= 0.3 is 6.09 Å². The average Bonchev–Trinajstić information content (AvgIpc) is 2.77. The summed E-state index contributed by atoms with van der Waals surface area (Å²) >= 11 is 6.25. The normalized spacial score (nSPS) is 12.7. The lowest BCUT2D eigenvalue weighted by atomic mass is 9.97. The van der Waals surface area contributed by atoms with E-state index in [4.69, 9.17) is 16.3 Å². The van der Waals surface area contributed by atoms with Crippen LogP contribution in [-0.2, 0) is 11.3 Å². The number of hydrogen-bond acceptors (Lipinski definition) is 4. The number of amides is 1. The van der Waals surface area contributed by atoms with Gasteiger partial charge < -0.3 is 19.9 Å². The number of alkyl carbamates (subject to hydrolysis) is 1. The van der Waals surface area contributed by atoms with E-state index in [1.165, 1.54) is 0 Å². The number of benzene rings is 2. The van der Waals surface area contributed by atoms with E-state index in [0.717, 1.165) is 23.1 Å². The Morgan fingerprint density at radius 3 is 2.43 bits per heavy atom. The zero-order valence-electron chi connectivity index (χ0n) is 21.2. The second-order valence-electron chi connectivity index (χ2n) is 10.1. The van der Waals surface area contributed by atoms with Gasteiger partial charge in [0.2, 0.25) is 0 Å². The van der Waals surface area contributed by atoms with E-state index in [1.54, 1.807) is 12.1 Å². The van der Waals surface area contributed by atoms with E-state index in [-0.39, 0.29) is 17.5 Å². The maximum atomic E-state index is 13.6. The van der Waals surface area contributed by atoms with Gasteiger partial charge in [0.25, 0.3) is 5.56 Å². The van der Waals surface area contributed by atoms with Crippen LogP contribution in [0.4, 0.5) is 4.79 Å². The molecule has 7 heteroatoms. The highest BCUT2D eigenvalue weighted by Gasteiger charge is 2.22. The van der Waals surface area contributed by atoms with Crippen molar-refractivity contribution in [3.63, 3.8) is 0 Å². The van der Waals surface area contributed by atoms with Crippen LogP contribution in [0.2, 0.25) is 5.02 Å². The summed E-state index contributed by atoms with van der Waals surface area (Å²) in [7, 11) is 0. The molecule has 1 aromatic heterocycles. The highest BCUT2D eigenvalue weighted by molar-refractivity contribution is 6.31. The number of halogens is 1. The lowest BCUT2D eigenvalue weighted by Crippen LogP contribution is -2.36. The Hall–Kier alpha value is -2.83. The first-order valence-electron chi connectivity index (χ1n) is 12.1. The third-order valence-corrected chi connectivity index (χ3v) is 5.89. The van der Waals surface area contributed by atoms with E-state index < -0.39 is 11.7 Å². The van der Waals surface area contributed by atoms with Crippen molar-refractivity contribution in [2.24, 2.45) is 5.92 Å². The highest BCUT2D eigenvalue weighted by Crippen LogP contribution is 2.26. The maximum Gasteiger partial charge on any atom is 0.407 e. The topological polar surface area (TPSA) is 72.4 Å². The van der Waals surface area contributed by atoms with Crippen LogP contribution in [-0.4, -0.2) is 29.4 Å². The molecular weight excluding hydrogens is 462 g/mol. The average molecular weight is 498 g/mol. The van der Waals surface area contributed by atoms with Gasteiger partial charge in [-0.2, -0.15) is 0 Å². The Morgan fingerprint density at radius 1 is 1.06 bits per heavy atom. The smallest absolute Gasteiger partial charge is 0.407 e. The number of carbonyl (C=O) groups excluding carboxylic acids is 1. The molecule has 6 nitrogen and oxygen atoms in total. The van der Waals surface area contributed by atoms with Gasteiger partial charge in [0.05, 0.1) is 6.54 Å². The van der Waals surface area contributed by atoms with Crippen molar-refractivity contribution in [2.75, 3.05) is 13.1 Å². The molecule has 0 aliphatic carbocycles. The molecule has 0 fully saturated rings. The Kier molecular flexibility index (Phi) is 8.98. The monoisotopic (exact) mass is 497 g/mol. The Labute approximate surface area is 212 Å². The van der Waals surface area contributed by atoms with Crippen molar-refractivity contribution >= 4 is 28.5 Å². The fraction of sp³-hybridized carbons (Fsp3) is 0.429. The first kappa shape index (κ1) is 26.8. The van der Waals surface area contributed by atoms with Gasteiger partial charge in [-0.3, -0.25) is 4.79 Å². The summed E-state index contributed by atoms with van der Waals surface area (Å²) in [6, 6.07) is 17.4. The molecule has 1 atom stereocenters. The molecule has 2 N–H and O–H groups in total. The molecular formula is C28H36ClN3O3. The van der Waals surface area contributed by atoms with Crippen molar-refractivity contribution in [3.05, 3.63) is 81.2 Å². The molecule has 0 bridgehead atoms. The molecule has 0 radical (unpaired) electrons. The zero-order valence-corrected chi connectivity index (χ0v) is 22.0. The largest absolute Gasteiger partial charge is 0.444 e. The molecule has 2 aromatic carbocycles. The van der Waals surface area contributed by atoms with Gasteiger partial charge in [0.15, 0.2) is 0 Å². The Bertz CT molecular complexity index is 1200. The van der Waals surface area contributed by atoms with Crippen LogP contribution in [0.5, 0.6) is 0 Å². The fourth-order valence-electron chi connectivity index (χ4n) is 4.07. The number of carbonyl (C=O) groups is 1. The van der Waals surface area contributed by atoms with Gasteiger partial charge in [0, 0.05) is 28.7 Å². The van der Waals surface area contributed by atoms with E-state index in [0.29, 0.717) is 30.0 Å². The quantitative estimate of drug-likeness (QED) is 0.361. The predicted molar refractivity (Wildman–Crippen MR) is 143 cm³/mol. The number of ether oxygens (including phenoxy) is 1. The van der Waals surface area contributed by atoms with Crippen molar-refractivity contribution < 1.29 is 9.53 Å². The maximum absolute atomic E-state index is 13.6. The van der Waals surface area contributed by atoms with Crippen LogP contribution in [0.25, 0.3) is 10.8 Å². The molecule has 0 saturated heterocycles. The number of hydrogen-bond donors (Lipinski definition) is 2. The lowest BCUT2D eigenvalue weighted by Gasteiger charge is -2.27. The minimum Gasteiger partial charge on any atom is -0.444 e. The summed E-state index contributed by atoms with van der Waals surface area (Å²) < 4.78 is 7.15. The molecule has 1 amide bonds. The number of nitrogens with zero attached hydrogens (tertiary/aromatic N) is 1. The van der Waals surface area contributed by atoms with Gasteiger partial charge in [-0.25, -0.2) is 4.79 Å². The highest BCUT2D eigenvalue weighted by atomic mass is 35.5. The van der Waals surface area contributed by atoms with Gasteiger partial charge in [-0.05, 0) is 74.9 Å². The minimum atomic E-state index is -0.521. The second kappa shape index (κ2) is 11.7. The molecule has 0 saturated carbocycles. The zero-order chi connectivity index (χ0) is 25.6. The first-order valence-corrected chi connectivity index (χ1v) is 12.5. The van der Waals surface area contributed by atoms with Crippen molar-refractivity contribution in [1.82, 2.24) is 15.2 Å². The molecule has 0 aliphatic rings. The SMILES string of the molecule is CC(C)C(NCCCNC(=O)OC(C)(C)C)c1cc2cc(Cl)ccc2c(=O)n1Cc1ccccc1. The van der Waals surface area contributed by atoms with Crippen molar-refractivity contribution in [2.45, 2.75) is 59.2 Å². The van der Waals surface area contributed by atoms with Crippen LogP contribution in [0.3, 0.4) is 0 Å². The van der Waals surface area contributed by atoms with Gasteiger partial charge in [-0.1, -0.05) is 55.8 Å². The van der Waals surface area contributed by atoms with Crippen LogP contribution < -0.4 is 16.2 Å². The molecule has 3 aromatic rings. The molecule has 1 unspecified atom stereocenters. The molecule has 0 aliphatic heterocycles. The predicted octanol–water partition coefficient (Wildman–Crippen LogP) is 5.90. The number of aromatic nitrogens is 1. The van der Waals surface area contributed by atoms with Gasteiger partial charge in [0.1, 0.15) is 5.60 Å². The summed E-state index contributed by atoms with van der Waals surface area (Å²) in [5.41, 5.74) is 1.43. The summed E-state index contributed by atoms with van der Waals surface area (Å²) in [5, 5.41) is 8.49. The fourth-order valence-corrected chi connectivity index (χ4v) is 4.25. The third kappa shape index (κ3) is 7.58. The standard InChI is InChI=1S/C28H36ClN3O3/c1-19(2)25(30-14-9-15-31-27(34)35-28(3,4)5)24-17-21-16-22(29)12-13-23(21)26(33)32(24)18-20-10-7-6-8-11-20/h6-8,10-13,16-17,19,25,30H,9,14-15,18H2,1-5H3,(H,31,34). The molecule has 3 rings (SSSR count). The van der Waals surface area contributed by atoms with Crippen molar-refractivity contribution in [1.29, 1.82) is 0 Å². The number of rotatable bonds is 9. The van der Waals surface area contributed by atoms with Crippen molar-refractivity contribution in [3.8, 4) is 0 Å². The van der Waals surface area contributed by atoms with Crippen LogP contribution >= 0.6 is 11.6 Å². The molecule has 0 spiro atoms. The number of fused-ring (bicyclic) bond motifs is 1. The molecule has 1 heterocycles. The van der Waals surface area contributed by atoms with Crippen LogP contribution in [0.15, 0.2) is 59.4 Å². The summed E-state index contributed by atoms with van der Waals surface area (Å²) in [6.07, 6.45) is 0.311. The third-order valence-electron chi connectivity index (χ3n) is 5.66. The van der Waals surface area contributed by atoms with E-state index in [9.17, 15) is 9.59 Å². The second-order valence-corrected chi connectivity index (χ2v) is 10.6. The number of nitrogens with one attached hydrogen (secondary N) is 2. The lowest BCUT2D eigenvalue weighted by molar-refractivity contribution is 0.0527. The van der Waals surface area contributed by atoms with E-state index >= 15 is 0 Å². The van der Waals surface area contributed by atoms with Crippen LogP contribution in [0, 0.1) is 5.92 Å². The van der Waals surface area contributed by atoms with Crippen LogP contribution in [0.1, 0.15) is 58.3 Å². The minimum absolute atomic E-state index is 0.0305. The first-order chi connectivity index (χ1) is 16.5. The molecule has 188 valence electrons. The van der Waals surface area contributed by atoms with E-state index in [1.807, 2.05) is 61.7 Å². The van der Waals surface area contributed by atoms with E-state index in [2.05, 4.69) is 30.5 Å². The van der Waals surface area contributed by atoms with Gasteiger partial charge in [-0.15, -0.1) is 0 Å². The Balaban J connectivity index is 1.84. The molecule has 35 heavy (non-hydrogen) atoms. The number of pyridine rings is 1.